The van der Waals surface area contributed by atoms with Gasteiger partial charge in [-0.15, -0.1) is 0 Å². The van der Waals surface area contributed by atoms with E-state index in [1.54, 1.807) is 67.8 Å². The van der Waals surface area contributed by atoms with Crippen LogP contribution in [0.1, 0.15) is 10.8 Å². The Labute approximate surface area is 176 Å². The van der Waals surface area contributed by atoms with Crippen LogP contribution in [0.5, 0.6) is 5.75 Å². The van der Waals surface area contributed by atoms with E-state index >= 15 is 0 Å². The molecule has 3 aromatic rings. The summed E-state index contributed by atoms with van der Waals surface area (Å²) < 4.78 is 5.90. The summed E-state index contributed by atoms with van der Waals surface area (Å²) in [4.78, 5) is 13.0. The van der Waals surface area contributed by atoms with Crippen LogP contribution in [0.25, 0.3) is 0 Å². The van der Waals surface area contributed by atoms with E-state index in [1.165, 1.54) is 6.20 Å². The second kappa shape index (κ2) is 9.19. The number of hydrogen-bond acceptors (Lipinski definition) is 4. The number of ether oxygens (including phenoxy) is 1. The molecule has 0 aliphatic rings. The standard InChI is InChI=1S/C20H16Cl2N2O3S/c1-27-17-7-5-13(6-8-17)19(28-18-4-2-3-9-24(18)26)20(25)23-16-11-14(21)10-15(22)12-16/h2-12,19H,1H3,(H,23,25). The van der Waals surface area contributed by atoms with Gasteiger partial charge in [0.25, 0.3) is 5.03 Å². The van der Waals surface area contributed by atoms with Gasteiger partial charge in [0.1, 0.15) is 11.0 Å². The quantitative estimate of drug-likeness (QED) is 0.332. The summed E-state index contributed by atoms with van der Waals surface area (Å²) in [5, 5.41) is 15.4. The maximum absolute atomic E-state index is 13.0. The molecule has 144 valence electrons. The predicted molar refractivity (Wildman–Crippen MR) is 112 cm³/mol. The molecule has 8 heteroatoms. The minimum atomic E-state index is -0.675. The van der Waals surface area contributed by atoms with E-state index in [0.717, 1.165) is 22.1 Å². The second-order valence-corrected chi connectivity index (χ2v) is 7.78. The highest BCUT2D eigenvalue weighted by Gasteiger charge is 2.26. The predicted octanol–water partition coefficient (Wildman–Crippen LogP) is 5.11. The van der Waals surface area contributed by atoms with Crippen LogP contribution in [-0.4, -0.2) is 13.0 Å². The number of benzene rings is 2. The van der Waals surface area contributed by atoms with Gasteiger partial charge < -0.3 is 15.3 Å². The lowest BCUT2D eigenvalue weighted by Crippen LogP contribution is -2.29. The van der Waals surface area contributed by atoms with Crippen molar-refractivity contribution in [3.63, 3.8) is 0 Å². The molecule has 0 spiro atoms. The molecule has 2 aromatic carbocycles. The van der Waals surface area contributed by atoms with Gasteiger partial charge in [0.2, 0.25) is 5.91 Å². The lowest BCUT2D eigenvalue weighted by atomic mass is 10.1. The van der Waals surface area contributed by atoms with Crippen molar-refractivity contribution in [3.05, 3.63) is 87.7 Å². The Bertz CT molecular complexity index is 963. The lowest BCUT2D eigenvalue weighted by molar-refractivity contribution is -0.645. The number of anilines is 1. The molecule has 0 saturated carbocycles. The molecule has 0 saturated heterocycles. The van der Waals surface area contributed by atoms with Gasteiger partial charge in [0, 0.05) is 27.9 Å². The van der Waals surface area contributed by atoms with Crippen molar-refractivity contribution in [2.45, 2.75) is 10.3 Å². The van der Waals surface area contributed by atoms with Crippen molar-refractivity contribution in [2.24, 2.45) is 0 Å². The molecule has 5 nitrogen and oxygen atoms in total. The Morgan fingerprint density at radius 2 is 1.79 bits per heavy atom. The summed E-state index contributed by atoms with van der Waals surface area (Å²) in [6.07, 6.45) is 1.39. The highest BCUT2D eigenvalue weighted by atomic mass is 35.5. The van der Waals surface area contributed by atoms with Crippen LogP contribution < -0.4 is 14.8 Å². The van der Waals surface area contributed by atoms with Crippen molar-refractivity contribution in [2.75, 3.05) is 12.4 Å². The minimum Gasteiger partial charge on any atom is -0.618 e. The van der Waals surface area contributed by atoms with Crippen molar-refractivity contribution >= 4 is 46.6 Å². The molecule has 3 rings (SSSR count). The molecule has 0 aliphatic heterocycles. The summed E-state index contributed by atoms with van der Waals surface area (Å²) in [5.74, 6) is 0.366. The number of thioether (sulfide) groups is 1. The number of methoxy groups -OCH3 is 1. The van der Waals surface area contributed by atoms with Gasteiger partial charge in [0.05, 0.1) is 7.11 Å². The number of halogens is 2. The number of carbonyl (C=O) groups excluding carboxylic acids is 1. The first-order valence-corrected chi connectivity index (χ1v) is 9.85. The average molecular weight is 435 g/mol. The Morgan fingerprint density at radius 3 is 2.39 bits per heavy atom. The smallest absolute Gasteiger partial charge is 0.252 e. The van der Waals surface area contributed by atoms with Crippen LogP contribution in [0.2, 0.25) is 10.0 Å². The van der Waals surface area contributed by atoms with Gasteiger partial charge in [-0.25, -0.2) is 0 Å². The van der Waals surface area contributed by atoms with Crippen LogP contribution in [0.15, 0.2) is 71.9 Å². The fourth-order valence-corrected chi connectivity index (χ4v) is 4.06. The van der Waals surface area contributed by atoms with Crippen LogP contribution in [0, 0.1) is 5.21 Å². The first-order valence-electron chi connectivity index (χ1n) is 8.22. The first-order chi connectivity index (χ1) is 13.5. The largest absolute Gasteiger partial charge is 0.618 e. The third-order valence-corrected chi connectivity index (χ3v) is 5.53. The van der Waals surface area contributed by atoms with Crippen molar-refractivity contribution in [1.29, 1.82) is 0 Å². The summed E-state index contributed by atoms with van der Waals surface area (Å²) in [6, 6.07) is 17.0. The van der Waals surface area contributed by atoms with Gasteiger partial charge in [-0.3, -0.25) is 4.79 Å². The van der Waals surface area contributed by atoms with Gasteiger partial charge in [0.15, 0.2) is 6.20 Å². The van der Waals surface area contributed by atoms with Gasteiger partial charge in [-0.05, 0) is 53.7 Å². The summed E-state index contributed by atoms with van der Waals surface area (Å²) in [6.45, 7) is 0. The Kier molecular flexibility index (Phi) is 6.67. The maximum Gasteiger partial charge on any atom is 0.252 e. The molecule has 1 amide bonds. The van der Waals surface area contributed by atoms with Gasteiger partial charge in [-0.2, -0.15) is 4.73 Å². The Morgan fingerprint density at radius 1 is 1.11 bits per heavy atom. The number of pyridine rings is 1. The molecule has 0 aliphatic carbocycles. The third-order valence-electron chi connectivity index (χ3n) is 3.81. The van der Waals surface area contributed by atoms with E-state index in [1.807, 2.05) is 0 Å². The van der Waals surface area contributed by atoms with Crippen LogP contribution >= 0.6 is 35.0 Å². The van der Waals surface area contributed by atoms with Gasteiger partial charge >= 0.3 is 0 Å². The number of rotatable bonds is 6. The molecule has 0 bridgehead atoms. The number of nitrogens with one attached hydrogen (secondary N) is 1. The van der Waals surface area contributed by atoms with Crippen LogP contribution in [0.3, 0.4) is 0 Å². The van der Waals surface area contributed by atoms with E-state index in [9.17, 15) is 10.0 Å². The first kappa shape index (κ1) is 20.3. The zero-order valence-corrected chi connectivity index (χ0v) is 17.1. The number of carbonyl (C=O) groups is 1. The van der Waals surface area contributed by atoms with Crippen LogP contribution in [-0.2, 0) is 4.79 Å². The molecule has 1 aromatic heterocycles. The highest BCUT2D eigenvalue weighted by Crippen LogP contribution is 2.36. The molecule has 0 fully saturated rings. The maximum atomic E-state index is 13.0. The Balaban J connectivity index is 1.92. The molecule has 0 radical (unpaired) electrons. The van der Waals surface area contributed by atoms with Gasteiger partial charge in [-0.1, -0.05) is 35.3 Å². The second-order valence-electron chi connectivity index (χ2n) is 5.78. The molecular weight excluding hydrogens is 419 g/mol. The van der Waals surface area contributed by atoms with Crippen molar-refractivity contribution in [3.8, 4) is 5.75 Å². The van der Waals surface area contributed by atoms with Crippen LogP contribution in [0.4, 0.5) is 5.69 Å². The molecular formula is C20H16Cl2N2O3S. The van der Waals surface area contributed by atoms with E-state index < -0.39 is 5.25 Å². The highest BCUT2D eigenvalue weighted by molar-refractivity contribution is 8.00. The summed E-state index contributed by atoms with van der Waals surface area (Å²) >= 11 is 13.2. The summed E-state index contributed by atoms with van der Waals surface area (Å²) in [5.41, 5.74) is 1.20. The molecule has 1 unspecified atom stereocenters. The SMILES string of the molecule is COc1ccc(C(Sc2cccc[n+]2[O-])C(=O)Nc2cc(Cl)cc(Cl)c2)cc1. The number of nitrogens with zero attached hydrogens (tertiary/aromatic N) is 1. The third kappa shape index (κ3) is 5.10. The fourth-order valence-electron chi connectivity index (χ4n) is 2.51. The average Bonchev–Trinajstić information content (AvgIpc) is 2.66. The number of aromatic nitrogens is 1. The van der Waals surface area contributed by atoms with E-state index in [0.29, 0.717) is 26.5 Å². The minimum absolute atomic E-state index is 0.308. The van der Waals surface area contributed by atoms with E-state index in [4.69, 9.17) is 27.9 Å². The van der Waals surface area contributed by atoms with E-state index in [-0.39, 0.29) is 5.91 Å². The molecule has 1 N–H and O–H groups in total. The fraction of sp³-hybridized carbons (Fsp3) is 0.100. The molecule has 28 heavy (non-hydrogen) atoms. The number of hydrogen-bond donors (Lipinski definition) is 1. The zero-order valence-electron chi connectivity index (χ0n) is 14.8. The Hall–Kier alpha value is -2.41. The van der Waals surface area contributed by atoms with E-state index in [2.05, 4.69) is 5.32 Å². The lowest BCUT2D eigenvalue weighted by Gasteiger charge is -2.17. The van der Waals surface area contributed by atoms with Crippen molar-refractivity contribution in [1.82, 2.24) is 0 Å². The number of amides is 1. The zero-order chi connectivity index (χ0) is 20.1. The summed E-state index contributed by atoms with van der Waals surface area (Å²) in [7, 11) is 1.57. The topological polar surface area (TPSA) is 65.3 Å². The molecule has 1 atom stereocenters. The van der Waals surface area contributed by atoms with Crippen molar-refractivity contribution < 1.29 is 14.3 Å². The monoisotopic (exact) mass is 434 g/mol. The normalized spacial score (nSPS) is 11.7. The molecule has 1 heterocycles.